The Bertz CT molecular complexity index is 538. The maximum Gasteiger partial charge on any atom is 0.390 e. The fourth-order valence-electron chi connectivity index (χ4n) is 1.69. The summed E-state index contributed by atoms with van der Waals surface area (Å²) in [6.45, 7) is 1.68. The molecule has 0 radical (unpaired) electrons. The highest BCUT2D eigenvalue weighted by Crippen LogP contribution is 2.21. The lowest BCUT2D eigenvalue weighted by molar-refractivity contribution is -0.139. The third-order valence-corrected chi connectivity index (χ3v) is 2.63. The van der Waals surface area contributed by atoms with Crippen molar-refractivity contribution in [3.8, 4) is 11.4 Å². The fraction of sp³-hybridized carbons (Fsp3) is 0.417. The minimum atomic E-state index is -4.17. The number of nitrogens with one attached hydrogen (secondary N) is 2. The second-order valence-corrected chi connectivity index (χ2v) is 4.44. The van der Waals surface area contributed by atoms with Gasteiger partial charge in [-0.1, -0.05) is 0 Å². The molecule has 0 aliphatic heterocycles. The van der Waals surface area contributed by atoms with E-state index in [0.29, 0.717) is 11.6 Å². The van der Waals surface area contributed by atoms with Crippen molar-refractivity contribution >= 4 is 0 Å². The molecular formula is C12H14F3N5. The van der Waals surface area contributed by atoms with Crippen LogP contribution in [0.1, 0.15) is 19.2 Å². The van der Waals surface area contributed by atoms with Crippen LogP contribution >= 0.6 is 0 Å². The largest absolute Gasteiger partial charge is 0.390 e. The Kier molecular flexibility index (Phi) is 4.33. The highest BCUT2D eigenvalue weighted by Gasteiger charge is 2.29. The van der Waals surface area contributed by atoms with E-state index in [1.807, 2.05) is 0 Å². The predicted octanol–water partition coefficient (Wildman–Crippen LogP) is 2.30. The molecule has 5 nitrogen and oxygen atoms in total. The van der Waals surface area contributed by atoms with Crippen LogP contribution < -0.4 is 5.32 Å². The van der Waals surface area contributed by atoms with E-state index in [1.165, 1.54) is 6.92 Å². The van der Waals surface area contributed by atoms with E-state index in [1.54, 1.807) is 24.5 Å². The minimum absolute atomic E-state index is 0.204. The average molecular weight is 285 g/mol. The number of hydrogen-bond acceptors (Lipinski definition) is 4. The van der Waals surface area contributed by atoms with Gasteiger partial charge in [-0.05, 0) is 19.1 Å². The Morgan fingerprint density at radius 2 is 2.00 bits per heavy atom. The maximum absolute atomic E-state index is 12.2. The van der Waals surface area contributed by atoms with E-state index in [9.17, 15) is 13.2 Å². The fourth-order valence-corrected chi connectivity index (χ4v) is 1.69. The summed E-state index contributed by atoms with van der Waals surface area (Å²) < 4.78 is 36.5. The normalized spacial score (nSPS) is 13.4. The van der Waals surface area contributed by atoms with Crippen LogP contribution in [0.25, 0.3) is 11.4 Å². The van der Waals surface area contributed by atoms with Gasteiger partial charge in [-0.15, -0.1) is 0 Å². The molecule has 2 heterocycles. The van der Waals surface area contributed by atoms with Gasteiger partial charge in [0.25, 0.3) is 0 Å². The predicted molar refractivity (Wildman–Crippen MR) is 66.6 cm³/mol. The third-order valence-electron chi connectivity index (χ3n) is 2.63. The van der Waals surface area contributed by atoms with Crippen LogP contribution in [0.5, 0.6) is 0 Å². The second kappa shape index (κ2) is 6.00. The molecule has 0 fully saturated rings. The van der Waals surface area contributed by atoms with Crippen LogP contribution in [0, 0.1) is 0 Å². The highest BCUT2D eigenvalue weighted by molar-refractivity contribution is 5.52. The summed E-state index contributed by atoms with van der Waals surface area (Å²) in [5.41, 5.74) is 0.797. The van der Waals surface area contributed by atoms with Gasteiger partial charge in [-0.25, -0.2) is 4.98 Å². The van der Waals surface area contributed by atoms with Gasteiger partial charge in [0.15, 0.2) is 5.82 Å². The van der Waals surface area contributed by atoms with Crippen molar-refractivity contribution in [2.75, 3.05) is 0 Å². The minimum Gasteiger partial charge on any atom is -0.307 e. The first kappa shape index (κ1) is 14.4. The molecule has 0 aliphatic carbocycles. The lowest BCUT2D eigenvalue weighted by atomic mass is 10.2. The van der Waals surface area contributed by atoms with E-state index in [4.69, 9.17) is 0 Å². The molecule has 0 unspecified atom stereocenters. The Hall–Kier alpha value is -1.96. The number of nitrogens with zero attached hydrogens (tertiary/aromatic N) is 3. The molecule has 0 saturated carbocycles. The van der Waals surface area contributed by atoms with Gasteiger partial charge in [0, 0.05) is 24.0 Å². The quantitative estimate of drug-likeness (QED) is 0.884. The SMILES string of the molecule is C[C@H](CC(F)(F)F)NCc1nc(-c2ccncc2)n[nH]1. The summed E-state index contributed by atoms with van der Waals surface area (Å²) in [6, 6.07) is 2.84. The summed E-state index contributed by atoms with van der Waals surface area (Å²) >= 11 is 0. The van der Waals surface area contributed by atoms with E-state index in [2.05, 4.69) is 25.5 Å². The molecule has 0 saturated heterocycles. The van der Waals surface area contributed by atoms with Gasteiger partial charge in [0.1, 0.15) is 5.82 Å². The van der Waals surface area contributed by atoms with E-state index < -0.39 is 18.6 Å². The van der Waals surface area contributed by atoms with Crippen molar-refractivity contribution in [3.63, 3.8) is 0 Å². The van der Waals surface area contributed by atoms with E-state index in [0.717, 1.165) is 5.56 Å². The van der Waals surface area contributed by atoms with Crippen LogP contribution in [0.4, 0.5) is 13.2 Å². The molecule has 20 heavy (non-hydrogen) atoms. The molecule has 1 atom stereocenters. The zero-order chi connectivity index (χ0) is 14.6. The summed E-state index contributed by atoms with van der Waals surface area (Å²) in [5, 5.41) is 9.46. The molecule has 2 N–H and O–H groups in total. The van der Waals surface area contributed by atoms with Crippen LogP contribution in [0.15, 0.2) is 24.5 Å². The summed E-state index contributed by atoms with van der Waals surface area (Å²) in [6.07, 6.45) is -1.81. The van der Waals surface area contributed by atoms with Gasteiger partial charge in [0.2, 0.25) is 0 Å². The number of H-pyrrole nitrogens is 1. The lowest BCUT2D eigenvalue weighted by Crippen LogP contribution is -2.31. The van der Waals surface area contributed by atoms with Crippen LogP contribution in [-0.2, 0) is 6.54 Å². The molecule has 0 amide bonds. The van der Waals surface area contributed by atoms with E-state index in [-0.39, 0.29) is 6.54 Å². The van der Waals surface area contributed by atoms with Crippen molar-refractivity contribution in [2.24, 2.45) is 0 Å². The number of aromatic amines is 1. The molecular weight excluding hydrogens is 271 g/mol. The zero-order valence-electron chi connectivity index (χ0n) is 10.8. The van der Waals surface area contributed by atoms with Gasteiger partial charge in [-0.2, -0.15) is 18.3 Å². The standard InChI is InChI=1S/C12H14F3N5/c1-8(6-12(13,14)15)17-7-10-18-11(20-19-10)9-2-4-16-5-3-9/h2-5,8,17H,6-7H2,1H3,(H,18,19,20)/t8-/m1/s1. The van der Waals surface area contributed by atoms with Gasteiger partial charge in [-0.3, -0.25) is 10.1 Å². The van der Waals surface area contributed by atoms with Crippen molar-refractivity contribution in [1.29, 1.82) is 0 Å². The van der Waals surface area contributed by atoms with Crippen molar-refractivity contribution in [2.45, 2.75) is 32.1 Å². The molecule has 108 valence electrons. The van der Waals surface area contributed by atoms with Gasteiger partial charge >= 0.3 is 6.18 Å². The summed E-state index contributed by atoms with van der Waals surface area (Å²) in [5.74, 6) is 0.985. The van der Waals surface area contributed by atoms with Crippen LogP contribution in [0.3, 0.4) is 0 Å². The third kappa shape index (κ3) is 4.30. The Morgan fingerprint density at radius 3 is 2.65 bits per heavy atom. The van der Waals surface area contributed by atoms with E-state index >= 15 is 0 Å². The number of hydrogen-bond donors (Lipinski definition) is 2. The topological polar surface area (TPSA) is 66.5 Å². The Labute approximate surface area is 113 Å². The Morgan fingerprint density at radius 1 is 1.30 bits per heavy atom. The van der Waals surface area contributed by atoms with Gasteiger partial charge in [0.05, 0.1) is 13.0 Å². The summed E-state index contributed by atoms with van der Waals surface area (Å²) in [4.78, 5) is 8.10. The second-order valence-electron chi connectivity index (χ2n) is 4.44. The molecule has 2 rings (SSSR count). The average Bonchev–Trinajstić information content (AvgIpc) is 2.84. The molecule has 8 heteroatoms. The smallest absolute Gasteiger partial charge is 0.307 e. The molecule has 0 aromatic carbocycles. The molecule has 0 bridgehead atoms. The van der Waals surface area contributed by atoms with Crippen LogP contribution in [-0.4, -0.2) is 32.4 Å². The highest BCUT2D eigenvalue weighted by atomic mass is 19.4. The number of halogens is 3. The van der Waals surface area contributed by atoms with Crippen molar-refractivity contribution < 1.29 is 13.2 Å². The first-order chi connectivity index (χ1) is 9.44. The molecule has 0 aliphatic rings. The monoisotopic (exact) mass is 285 g/mol. The van der Waals surface area contributed by atoms with Crippen LogP contribution in [0.2, 0.25) is 0 Å². The van der Waals surface area contributed by atoms with Gasteiger partial charge < -0.3 is 5.32 Å². The first-order valence-electron chi connectivity index (χ1n) is 6.06. The number of aromatic nitrogens is 4. The van der Waals surface area contributed by atoms with Crippen molar-refractivity contribution in [3.05, 3.63) is 30.4 Å². The molecule has 2 aromatic rings. The number of pyridine rings is 1. The summed E-state index contributed by atoms with van der Waals surface area (Å²) in [7, 11) is 0. The lowest BCUT2D eigenvalue weighted by Gasteiger charge is -2.14. The Balaban J connectivity index is 1.91. The number of rotatable bonds is 5. The van der Waals surface area contributed by atoms with Crippen molar-refractivity contribution in [1.82, 2.24) is 25.5 Å². The molecule has 2 aromatic heterocycles. The number of alkyl halides is 3. The molecule has 0 spiro atoms. The first-order valence-corrected chi connectivity index (χ1v) is 6.06. The maximum atomic E-state index is 12.2. The zero-order valence-corrected chi connectivity index (χ0v) is 10.8.